The minimum Gasteiger partial charge on any atom is -0.480 e. The number of hydrogen-bond donors (Lipinski definition) is 2. The maximum absolute atomic E-state index is 12.9. The molecule has 0 bridgehead atoms. The number of hydrogen-bond acceptors (Lipinski definition) is 3. The number of carbonyl (C=O) groups excluding carboxylic acids is 2. The van der Waals surface area contributed by atoms with Gasteiger partial charge in [-0.05, 0) is 51.2 Å². The lowest BCUT2D eigenvalue weighted by Crippen LogP contribution is -2.49. The first-order chi connectivity index (χ1) is 12.8. The fourth-order valence-electron chi connectivity index (χ4n) is 3.85. The fraction of sp³-hybridized carbons (Fsp3) is 0.571. The molecular weight excluding hydrogens is 344 g/mol. The van der Waals surface area contributed by atoms with Crippen LogP contribution in [0.4, 0.5) is 0 Å². The monoisotopic (exact) mass is 372 g/mol. The number of aryl methyl sites for hydroxylation is 2. The SMILES string of the molecule is Cc1cc(C)cc(C(=O)N2CCCC(C(=O)NC(CC3CC3)C(=O)O)C2)c1. The molecule has 6 nitrogen and oxygen atoms in total. The van der Waals surface area contributed by atoms with Crippen molar-refractivity contribution in [1.29, 1.82) is 0 Å². The second-order valence-electron chi connectivity index (χ2n) is 8.05. The van der Waals surface area contributed by atoms with Gasteiger partial charge in [0.25, 0.3) is 5.91 Å². The predicted octanol–water partition coefficient (Wildman–Crippen LogP) is 2.53. The van der Waals surface area contributed by atoms with E-state index in [1.54, 1.807) is 4.90 Å². The summed E-state index contributed by atoms with van der Waals surface area (Å²) in [4.78, 5) is 38.6. The van der Waals surface area contributed by atoms with Crippen molar-refractivity contribution in [2.75, 3.05) is 13.1 Å². The molecule has 2 fully saturated rings. The first-order valence-corrected chi connectivity index (χ1v) is 9.74. The Morgan fingerprint density at radius 1 is 1.15 bits per heavy atom. The lowest BCUT2D eigenvalue weighted by molar-refractivity contribution is -0.143. The molecule has 146 valence electrons. The van der Waals surface area contributed by atoms with Crippen molar-refractivity contribution in [3.8, 4) is 0 Å². The normalized spacial score (nSPS) is 20.8. The van der Waals surface area contributed by atoms with E-state index in [4.69, 9.17) is 0 Å². The Morgan fingerprint density at radius 3 is 2.41 bits per heavy atom. The maximum Gasteiger partial charge on any atom is 0.326 e. The lowest BCUT2D eigenvalue weighted by Gasteiger charge is -2.32. The number of benzene rings is 1. The number of nitrogens with one attached hydrogen (secondary N) is 1. The Hall–Kier alpha value is -2.37. The van der Waals surface area contributed by atoms with E-state index in [0.29, 0.717) is 37.4 Å². The van der Waals surface area contributed by atoms with E-state index in [-0.39, 0.29) is 17.7 Å². The van der Waals surface area contributed by atoms with Crippen molar-refractivity contribution in [2.45, 2.75) is 52.0 Å². The molecule has 1 aromatic rings. The highest BCUT2D eigenvalue weighted by atomic mass is 16.4. The molecule has 2 amide bonds. The molecule has 2 unspecified atom stereocenters. The topological polar surface area (TPSA) is 86.7 Å². The predicted molar refractivity (Wildman–Crippen MR) is 101 cm³/mol. The number of carboxylic acids is 1. The average molecular weight is 372 g/mol. The quantitative estimate of drug-likeness (QED) is 0.803. The summed E-state index contributed by atoms with van der Waals surface area (Å²) in [5, 5.41) is 12.1. The molecule has 1 aromatic carbocycles. The first-order valence-electron chi connectivity index (χ1n) is 9.74. The van der Waals surface area contributed by atoms with Crippen molar-refractivity contribution in [3.05, 3.63) is 34.9 Å². The van der Waals surface area contributed by atoms with Gasteiger partial charge in [-0.25, -0.2) is 4.79 Å². The zero-order valence-electron chi connectivity index (χ0n) is 16.0. The maximum atomic E-state index is 12.9. The summed E-state index contributed by atoms with van der Waals surface area (Å²) in [6, 6.07) is 4.94. The molecule has 27 heavy (non-hydrogen) atoms. The Labute approximate surface area is 159 Å². The van der Waals surface area contributed by atoms with Crippen LogP contribution >= 0.6 is 0 Å². The molecule has 6 heteroatoms. The third kappa shape index (κ3) is 5.08. The van der Waals surface area contributed by atoms with E-state index in [1.807, 2.05) is 32.0 Å². The molecule has 1 saturated heterocycles. The smallest absolute Gasteiger partial charge is 0.326 e. The van der Waals surface area contributed by atoms with E-state index in [0.717, 1.165) is 30.4 Å². The van der Waals surface area contributed by atoms with Gasteiger partial charge in [-0.15, -0.1) is 0 Å². The minimum atomic E-state index is -0.978. The molecule has 1 aliphatic carbocycles. The second kappa shape index (κ2) is 8.11. The van der Waals surface area contributed by atoms with Crippen molar-refractivity contribution < 1.29 is 19.5 Å². The average Bonchev–Trinajstić information content (AvgIpc) is 3.43. The Morgan fingerprint density at radius 2 is 1.81 bits per heavy atom. The molecule has 2 atom stereocenters. The zero-order chi connectivity index (χ0) is 19.6. The standard InChI is InChI=1S/C21H28N2O4/c1-13-8-14(2)10-17(9-13)20(25)23-7-3-4-16(12-23)19(24)22-18(21(26)27)11-15-5-6-15/h8-10,15-16,18H,3-7,11-12H2,1-2H3,(H,22,24)(H,26,27). The minimum absolute atomic E-state index is 0.0629. The highest BCUT2D eigenvalue weighted by molar-refractivity contribution is 5.95. The number of carboxylic acid groups (broad SMARTS) is 1. The molecule has 1 saturated carbocycles. The van der Waals surface area contributed by atoms with Gasteiger partial charge in [-0.3, -0.25) is 9.59 Å². The first kappa shape index (κ1) is 19.4. The van der Waals surface area contributed by atoms with Gasteiger partial charge in [0.05, 0.1) is 5.92 Å². The van der Waals surface area contributed by atoms with Crippen molar-refractivity contribution in [3.63, 3.8) is 0 Å². The van der Waals surface area contributed by atoms with Gasteiger partial charge >= 0.3 is 5.97 Å². The highest BCUT2D eigenvalue weighted by Gasteiger charge is 2.34. The number of rotatable bonds is 6. The molecule has 1 heterocycles. The summed E-state index contributed by atoms with van der Waals surface area (Å²) in [7, 11) is 0. The molecule has 2 N–H and O–H groups in total. The molecule has 2 aliphatic rings. The number of nitrogens with zero attached hydrogens (tertiary/aromatic N) is 1. The lowest BCUT2D eigenvalue weighted by atomic mass is 9.95. The van der Waals surface area contributed by atoms with Gasteiger partial charge in [0.1, 0.15) is 6.04 Å². The van der Waals surface area contributed by atoms with Gasteiger partial charge in [0.15, 0.2) is 0 Å². The third-order valence-electron chi connectivity index (χ3n) is 5.43. The largest absolute Gasteiger partial charge is 0.480 e. The van der Waals surface area contributed by atoms with Crippen LogP contribution in [0.1, 0.15) is 53.6 Å². The van der Waals surface area contributed by atoms with E-state index in [2.05, 4.69) is 5.32 Å². The number of piperidine rings is 1. The zero-order valence-corrected chi connectivity index (χ0v) is 16.0. The number of aliphatic carboxylic acids is 1. The summed E-state index contributed by atoms with van der Waals surface area (Å²) in [6.45, 7) is 4.89. The van der Waals surface area contributed by atoms with Crippen LogP contribution in [0.5, 0.6) is 0 Å². The van der Waals surface area contributed by atoms with Crippen LogP contribution in [0.15, 0.2) is 18.2 Å². The van der Waals surface area contributed by atoms with E-state index < -0.39 is 12.0 Å². The van der Waals surface area contributed by atoms with Crippen LogP contribution in [0, 0.1) is 25.7 Å². The van der Waals surface area contributed by atoms with Gasteiger partial charge < -0.3 is 15.3 Å². The van der Waals surface area contributed by atoms with Crippen LogP contribution in [0.2, 0.25) is 0 Å². The van der Waals surface area contributed by atoms with E-state index in [1.165, 1.54) is 0 Å². The molecule has 0 spiro atoms. The second-order valence-corrected chi connectivity index (χ2v) is 8.05. The van der Waals surface area contributed by atoms with Crippen LogP contribution in [0.3, 0.4) is 0 Å². The van der Waals surface area contributed by atoms with Crippen LogP contribution in [-0.4, -0.2) is 46.9 Å². The number of amides is 2. The summed E-state index contributed by atoms with van der Waals surface area (Å²) in [6.07, 6.45) is 4.01. The molecule has 3 rings (SSSR count). The Balaban J connectivity index is 1.63. The molecule has 0 radical (unpaired) electrons. The molecule has 1 aliphatic heterocycles. The van der Waals surface area contributed by atoms with E-state index >= 15 is 0 Å². The molecular formula is C21H28N2O4. The summed E-state index contributed by atoms with van der Waals surface area (Å²) in [5.41, 5.74) is 2.72. The Bertz CT molecular complexity index is 721. The van der Waals surface area contributed by atoms with E-state index in [9.17, 15) is 19.5 Å². The third-order valence-corrected chi connectivity index (χ3v) is 5.43. The van der Waals surface area contributed by atoms with Crippen LogP contribution in [0.25, 0.3) is 0 Å². The van der Waals surface area contributed by atoms with Crippen molar-refractivity contribution in [2.24, 2.45) is 11.8 Å². The summed E-state index contributed by atoms with van der Waals surface area (Å²) >= 11 is 0. The number of carbonyl (C=O) groups is 3. The van der Waals surface area contributed by atoms with Crippen LogP contribution < -0.4 is 5.32 Å². The highest BCUT2D eigenvalue weighted by Crippen LogP contribution is 2.33. The van der Waals surface area contributed by atoms with Crippen molar-refractivity contribution in [1.82, 2.24) is 10.2 Å². The fourth-order valence-corrected chi connectivity index (χ4v) is 3.85. The van der Waals surface area contributed by atoms with Gasteiger partial charge in [-0.1, -0.05) is 30.0 Å². The van der Waals surface area contributed by atoms with Gasteiger partial charge in [0, 0.05) is 18.7 Å². The van der Waals surface area contributed by atoms with Crippen LogP contribution in [-0.2, 0) is 9.59 Å². The summed E-state index contributed by atoms with van der Waals surface area (Å²) < 4.78 is 0. The number of likely N-dealkylation sites (tertiary alicyclic amines) is 1. The van der Waals surface area contributed by atoms with Crippen molar-refractivity contribution >= 4 is 17.8 Å². The van der Waals surface area contributed by atoms with Gasteiger partial charge in [0.2, 0.25) is 5.91 Å². The summed E-state index contributed by atoms with van der Waals surface area (Å²) in [5.74, 6) is -1.22. The van der Waals surface area contributed by atoms with Gasteiger partial charge in [-0.2, -0.15) is 0 Å². The Kier molecular flexibility index (Phi) is 5.82. The molecule has 0 aromatic heterocycles.